The molecule has 5 heteroatoms. The first-order valence-electron chi connectivity index (χ1n) is 7.01. The zero-order chi connectivity index (χ0) is 12.5. The van der Waals surface area contributed by atoms with E-state index in [0.717, 1.165) is 13.1 Å². The maximum absolute atomic E-state index is 5.74. The fourth-order valence-corrected chi connectivity index (χ4v) is 2.78. The second-order valence-electron chi connectivity index (χ2n) is 5.98. The summed E-state index contributed by atoms with van der Waals surface area (Å²) in [5, 5.41) is 11.7. The molecule has 2 atom stereocenters. The van der Waals surface area contributed by atoms with E-state index in [-0.39, 0.29) is 0 Å². The van der Waals surface area contributed by atoms with Crippen molar-refractivity contribution >= 4 is 6.01 Å². The minimum atomic E-state index is 0.676. The Balaban J connectivity index is 1.60. The van der Waals surface area contributed by atoms with E-state index in [1.54, 1.807) is 0 Å². The predicted octanol–water partition coefficient (Wildman–Crippen LogP) is 1.80. The molecule has 0 aromatic carbocycles. The molecule has 1 aliphatic heterocycles. The van der Waals surface area contributed by atoms with Gasteiger partial charge in [-0.05, 0) is 31.1 Å². The lowest BCUT2D eigenvalue weighted by atomic mass is 9.92. The van der Waals surface area contributed by atoms with Gasteiger partial charge in [-0.2, -0.15) is 0 Å². The van der Waals surface area contributed by atoms with E-state index in [0.29, 0.717) is 36.3 Å². The molecular formula is C13H22N4O. The van der Waals surface area contributed by atoms with Crippen LogP contribution in [0.1, 0.15) is 39.0 Å². The second-order valence-corrected chi connectivity index (χ2v) is 5.98. The fraction of sp³-hybridized carbons (Fsp3) is 0.846. The maximum atomic E-state index is 5.74. The molecule has 0 radical (unpaired) electrons. The summed E-state index contributed by atoms with van der Waals surface area (Å²) in [5.74, 6) is 2.12. The minimum absolute atomic E-state index is 0.676. The van der Waals surface area contributed by atoms with Crippen molar-refractivity contribution in [3.63, 3.8) is 0 Å². The summed E-state index contributed by atoms with van der Waals surface area (Å²) in [6, 6.07) is 1.37. The monoisotopic (exact) mass is 250 g/mol. The lowest BCUT2D eigenvalue weighted by Gasteiger charge is -2.33. The molecular weight excluding hydrogens is 228 g/mol. The van der Waals surface area contributed by atoms with E-state index < -0.39 is 0 Å². The largest absolute Gasteiger partial charge is 0.407 e. The standard InChI is InChI=1S/C13H22N4O/c1-9-5-10(2)8-17(7-9)13-16-15-12(18-13)6-14-11-3-4-11/h9-11,14H,3-8H2,1-2H3. The third-order valence-electron chi connectivity index (χ3n) is 3.71. The molecule has 0 spiro atoms. The van der Waals surface area contributed by atoms with Crippen LogP contribution in [-0.2, 0) is 6.54 Å². The van der Waals surface area contributed by atoms with Gasteiger partial charge in [-0.3, -0.25) is 0 Å². The van der Waals surface area contributed by atoms with Crippen molar-refractivity contribution in [1.82, 2.24) is 15.5 Å². The van der Waals surface area contributed by atoms with Gasteiger partial charge >= 0.3 is 6.01 Å². The quantitative estimate of drug-likeness (QED) is 0.883. The molecule has 0 amide bonds. The van der Waals surface area contributed by atoms with Crippen molar-refractivity contribution < 1.29 is 4.42 Å². The molecule has 1 aliphatic carbocycles. The van der Waals surface area contributed by atoms with Crippen LogP contribution in [0.25, 0.3) is 0 Å². The van der Waals surface area contributed by atoms with Gasteiger partial charge in [0.05, 0.1) is 6.54 Å². The lowest BCUT2D eigenvalue weighted by Crippen LogP contribution is -2.38. The number of rotatable bonds is 4. The van der Waals surface area contributed by atoms with Crippen molar-refractivity contribution in [3.8, 4) is 0 Å². The molecule has 2 unspecified atom stereocenters. The van der Waals surface area contributed by atoms with Gasteiger partial charge < -0.3 is 14.6 Å². The van der Waals surface area contributed by atoms with Crippen molar-refractivity contribution in [1.29, 1.82) is 0 Å². The van der Waals surface area contributed by atoms with E-state index in [1.807, 2.05) is 0 Å². The average molecular weight is 250 g/mol. The Bertz CT molecular complexity index is 391. The minimum Gasteiger partial charge on any atom is -0.407 e. The van der Waals surface area contributed by atoms with Crippen LogP contribution in [-0.4, -0.2) is 29.3 Å². The normalized spacial score (nSPS) is 28.7. The topological polar surface area (TPSA) is 54.2 Å². The Morgan fingerprint density at radius 3 is 2.61 bits per heavy atom. The first kappa shape index (κ1) is 12.0. The van der Waals surface area contributed by atoms with E-state index in [2.05, 4.69) is 34.3 Å². The molecule has 0 bridgehead atoms. The molecule has 3 rings (SSSR count). The molecule has 5 nitrogen and oxygen atoms in total. The molecule has 2 aliphatic rings. The van der Waals surface area contributed by atoms with Gasteiger partial charge in [0.25, 0.3) is 0 Å². The van der Waals surface area contributed by atoms with Gasteiger partial charge in [-0.25, -0.2) is 0 Å². The summed E-state index contributed by atoms with van der Waals surface area (Å²) in [5.41, 5.74) is 0. The summed E-state index contributed by atoms with van der Waals surface area (Å²) >= 11 is 0. The molecule has 18 heavy (non-hydrogen) atoms. The van der Waals surface area contributed by atoms with Crippen molar-refractivity contribution in [3.05, 3.63) is 5.89 Å². The zero-order valence-corrected chi connectivity index (χ0v) is 11.2. The highest BCUT2D eigenvalue weighted by atomic mass is 16.4. The molecule has 1 N–H and O–H groups in total. The highest BCUT2D eigenvalue weighted by Crippen LogP contribution is 2.25. The first-order chi connectivity index (χ1) is 8.70. The molecule has 1 saturated heterocycles. The highest BCUT2D eigenvalue weighted by Gasteiger charge is 2.26. The molecule has 2 fully saturated rings. The van der Waals surface area contributed by atoms with Crippen LogP contribution in [0, 0.1) is 11.8 Å². The summed E-state index contributed by atoms with van der Waals surface area (Å²) in [4.78, 5) is 2.23. The summed E-state index contributed by atoms with van der Waals surface area (Å²) in [7, 11) is 0. The average Bonchev–Trinajstić information content (AvgIpc) is 3.02. The Hall–Kier alpha value is -1.10. The fourth-order valence-electron chi connectivity index (χ4n) is 2.78. The third-order valence-corrected chi connectivity index (χ3v) is 3.71. The van der Waals surface area contributed by atoms with Crippen molar-refractivity contribution in [2.75, 3.05) is 18.0 Å². The molecule has 100 valence electrons. The summed E-state index contributed by atoms with van der Waals surface area (Å²) < 4.78 is 5.74. The third kappa shape index (κ3) is 2.83. The van der Waals surface area contributed by atoms with Crippen LogP contribution in [0.15, 0.2) is 4.42 Å². The van der Waals surface area contributed by atoms with Gasteiger partial charge in [0.2, 0.25) is 5.89 Å². The van der Waals surface area contributed by atoms with E-state index in [9.17, 15) is 0 Å². The van der Waals surface area contributed by atoms with E-state index in [1.165, 1.54) is 19.3 Å². The number of hydrogen-bond acceptors (Lipinski definition) is 5. The van der Waals surface area contributed by atoms with Crippen LogP contribution in [0.4, 0.5) is 6.01 Å². The molecule has 2 heterocycles. The Morgan fingerprint density at radius 1 is 1.22 bits per heavy atom. The van der Waals surface area contributed by atoms with Gasteiger partial charge in [-0.1, -0.05) is 18.9 Å². The Morgan fingerprint density at radius 2 is 1.94 bits per heavy atom. The smallest absolute Gasteiger partial charge is 0.318 e. The van der Waals surface area contributed by atoms with E-state index in [4.69, 9.17) is 4.42 Å². The van der Waals surface area contributed by atoms with Crippen LogP contribution < -0.4 is 10.2 Å². The highest BCUT2D eigenvalue weighted by molar-refractivity contribution is 5.25. The number of aromatic nitrogens is 2. The number of anilines is 1. The summed E-state index contributed by atoms with van der Waals surface area (Å²) in [6.07, 6.45) is 3.85. The maximum Gasteiger partial charge on any atom is 0.318 e. The van der Waals surface area contributed by atoms with Gasteiger partial charge in [0.1, 0.15) is 0 Å². The van der Waals surface area contributed by atoms with E-state index >= 15 is 0 Å². The predicted molar refractivity (Wildman–Crippen MR) is 69.3 cm³/mol. The van der Waals surface area contributed by atoms with Crippen LogP contribution >= 0.6 is 0 Å². The van der Waals surface area contributed by atoms with Crippen LogP contribution in [0.3, 0.4) is 0 Å². The van der Waals surface area contributed by atoms with Gasteiger partial charge in [0.15, 0.2) is 0 Å². The molecule has 1 aromatic heterocycles. The van der Waals surface area contributed by atoms with Crippen molar-refractivity contribution in [2.45, 2.75) is 45.7 Å². The molecule has 1 saturated carbocycles. The number of nitrogens with zero attached hydrogens (tertiary/aromatic N) is 3. The second kappa shape index (κ2) is 4.88. The van der Waals surface area contributed by atoms with Gasteiger partial charge in [-0.15, -0.1) is 5.10 Å². The number of piperidine rings is 1. The summed E-state index contributed by atoms with van der Waals surface area (Å²) in [6.45, 7) is 7.34. The first-order valence-corrected chi connectivity index (χ1v) is 7.01. The molecule has 1 aromatic rings. The zero-order valence-electron chi connectivity index (χ0n) is 11.2. The Kier molecular flexibility index (Phi) is 3.24. The van der Waals surface area contributed by atoms with Crippen LogP contribution in [0.2, 0.25) is 0 Å². The SMILES string of the molecule is CC1CC(C)CN(c2nnc(CNC3CC3)o2)C1. The van der Waals surface area contributed by atoms with Crippen LogP contribution in [0.5, 0.6) is 0 Å². The Labute approximate surface area is 108 Å². The number of nitrogens with one attached hydrogen (secondary N) is 1. The lowest BCUT2D eigenvalue weighted by molar-refractivity contribution is 0.337. The van der Waals surface area contributed by atoms with Crippen molar-refractivity contribution in [2.24, 2.45) is 11.8 Å². The number of hydrogen-bond donors (Lipinski definition) is 1. The van der Waals surface area contributed by atoms with Gasteiger partial charge in [0, 0.05) is 19.1 Å².